The number of rotatable bonds is 9. The third-order valence-corrected chi connectivity index (χ3v) is 6.51. The molecule has 7 heteroatoms. The number of nitrogens with zero attached hydrogens (tertiary/aromatic N) is 2. The van der Waals surface area contributed by atoms with Crippen molar-refractivity contribution in [2.24, 2.45) is 5.92 Å². The predicted octanol–water partition coefficient (Wildman–Crippen LogP) is 3.49. The molecule has 156 valence electrons. The number of anilines is 1. The van der Waals surface area contributed by atoms with Gasteiger partial charge in [0.2, 0.25) is 0 Å². The largest absolute Gasteiger partial charge is 0.396 e. The Morgan fingerprint density at radius 1 is 1.17 bits per heavy atom. The fourth-order valence-electron chi connectivity index (χ4n) is 3.12. The van der Waals surface area contributed by atoms with E-state index in [0.29, 0.717) is 11.1 Å². The van der Waals surface area contributed by atoms with Gasteiger partial charge in [-0.25, -0.2) is 13.1 Å². The Labute approximate surface area is 173 Å². The standard InChI is InChI=1S/C22H29N3O3S/c1-5-25(6-2)21-10-9-19-11-18(7-8-20(19)12-21)17(4)22(13-23)29(27,28)24-14-16(3)15-26/h7-12,16,24,26H,5-6,14-15H2,1-4H3/b22-17+. The summed E-state index contributed by atoms with van der Waals surface area (Å²) in [5, 5.41) is 20.6. The molecule has 0 spiro atoms. The fraction of sp³-hybridized carbons (Fsp3) is 0.409. The number of sulfonamides is 1. The molecule has 0 heterocycles. The van der Waals surface area contributed by atoms with Gasteiger partial charge in [0, 0.05) is 31.9 Å². The van der Waals surface area contributed by atoms with E-state index in [-0.39, 0.29) is 24.0 Å². The van der Waals surface area contributed by atoms with E-state index in [4.69, 9.17) is 5.11 Å². The van der Waals surface area contributed by atoms with E-state index in [1.165, 1.54) is 0 Å². The molecule has 0 aliphatic heterocycles. The van der Waals surface area contributed by atoms with E-state index >= 15 is 0 Å². The Kier molecular flexibility index (Phi) is 7.80. The van der Waals surface area contributed by atoms with Gasteiger partial charge in [-0.3, -0.25) is 0 Å². The fourth-order valence-corrected chi connectivity index (χ4v) is 4.41. The second-order valence-corrected chi connectivity index (χ2v) is 8.83. The monoisotopic (exact) mass is 415 g/mol. The van der Waals surface area contributed by atoms with Crippen molar-refractivity contribution in [1.29, 1.82) is 5.26 Å². The predicted molar refractivity (Wildman–Crippen MR) is 119 cm³/mol. The van der Waals surface area contributed by atoms with Crippen LogP contribution >= 0.6 is 0 Å². The van der Waals surface area contributed by atoms with Crippen molar-refractivity contribution in [2.45, 2.75) is 27.7 Å². The van der Waals surface area contributed by atoms with Gasteiger partial charge in [0.25, 0.3) is 10.0 Å². The van der Waals surface area contributed by atoms with Gasteiger partial charge < -0.3 is 10.0 Å². The van der Waals surface area contributed by atoms with E-state index in [0.717, 1.165) is 29.5 Å². The van der Waals surface area contributed by atoms with Crippen LogP contribution in [0.2, 0.25) is 0 Å². The second kappa shape index (κ2) is 9.88. The quantitative estimate of drug-likeness (QED) is 0.612. The first-order chi connectivity index (χ1) is 13.8. The Morgan fingerprint density at radius 2 is 1.79 bits per heavy atom. The summed E-state index contributed by atoms with van der Waals surface area (Å²) in [5.41, 5.74) is 2.22. The van der Waals surface area contributed by atoms with Gasteiger partial charge in [-0.15, -0.1) is 0 Å². The Balaban J connectivity index is 2.43. The Morgan fingerprint density at radius 3 is 2.38 bits per heavy atom. The summed E-state index contributed by atoms with van der Waals surface area (Å²) in [4.78, 5) is 1.96. The number of aliphatic hydroxyl groups excluding tert-OH is 1. The Hall–Kier alpha value is -2.40. The average molecular weight is 416 g/mol. The molecule has 29 heavy (non-hydrogen) atoms. The summed E-state index contributed by atoms with van der Waals surface area (Å²) in [6, 6.07) is 13.7. The van der Waals surface area contributed by atoms with Crippen molar-refractivity contribution in [3.63, 3.8) is 0 Å². The zero-order valence-corrected chi connectivity index (χ0v) is 18.3. The van der Waals surface area contributed by atoms with Crippen LogP contribution in [0.25, 0.3) is 16.3 Å². The van der Waals surface area contributed by atoms with Gasteiger partial charge in [0.15, 0.2) is 4.91 Å². The lowest BCUT2D eigenvalue weighted by atomic mass is 10.0. The van der Waals surface area contributed by atoms with Crippen LogP contribution in [0.5, 0.6) is 0 Å². The lowest BCUT2D eigenvalue weighted by Crippen LogP contribution is -2.30. The molecule has 0 saturated heterocycles. The molecule has 2 rings (SSSR count). The first-order valence-corrected chi connectivity index (χ1v) is 11.3. The van der Waals surface area contributed by atoms with Crippen molar-refractivity contribution in [3.8, 4) is 6.07 Å². The van der Waals surface area contributed by atoms with Crippen LogP contribution in [0.15, 0.2) is 41.3 Å². The van der Waals surface area contributed by atoms with Crippen molar-refractivity contribution >= 4 is 32.1 Å². The highest BCUT2D eigenvalue weighted by Crippen LogP contribution is 2.28. The van der Waals surface area contributed by atoms with Gasteiger partial charge in [-0.2, -0.15) is 5.26 Å². The number of allylic oxidation sites excluding steroid dienone is 2. The maximum atomic E-state index is 12.6. The molecule has 0 saturated carbocycles. The van der Waals surface area contributed by atoms with E-state index in [2.05, 4.69) is 35.6 Å². The van der Waals surface area contributed by atoms with Crippen LogP contribution in [0, 0.1) is 17.2 Å². The molecule has 6 nitrogen and oxygen atoms in total. The molecule has 0 amide bonds. The SMILES string of the molecule is CCN(CC)c1ccc2cc(/C(C)=C(\C#N)S(=O)(=O)NCC(C)CO)ccc2c1. The third kappa shape index (κ3) is 5.36. The van der Waals surface area contributed by atoms with E-state index in [1.807, 2.05) is 30.3 Å². The van der Waals surface area contributed by atoms with Gasteiger partial charge in [0.05, 0.1) is 0 Å². The minimum Gasteiger partial charge on any atom is -0.396 e. The highest BCUT2D eigenvalue weighted by Gasteiger charge is 2.21. The van der Waals surface area contributed by atoms with E-state index in [1.54, 1.807) is 13.8 Å². The van der Waals surface area contributed by atoms with Crippen LogP contribution in [-0.4, -0.2) is 39.8 Å². The molecule has 1 unspecified atom stereocenters. The highest BCUT2D eigenvalue weighted by molar-refractivity contribution is 7.93. The first kappa shape index (κ1) is 22.9. The van der Waals surface area contributed by atoms with Crippen LogP contribution in [0.4, 0.5) is 5.69 Å². The number of nitrogens with one attached hydrogen (secondary N) is 1. The molecule has 2 aromatic rings. The topological polar surface area (TPSA) is 93.4 Å². The smallest absolute Gasteiger partial charge is 0.251 e. The number of nitriles is 1. The van der Waals surface area contributed by atoms with Gasteiger partial charge in [-0.1, -0.05) is 25.1 Å². The molecule has 0 radical (unpaired) electrons. The molecule has 0 aliphatic rings. The number of benzene rings is 2. The maximum Gasteiger partial charge on any atom is 0.251 e. The summed E-state index contributed by atoms with van der Waals surface area (Å²) >= 11 is 0. The zero-order chi connectivity index (χ0) is 21.6. The lowest BCUT2D eigenvalue weighted by Gasteiger charge is -2.21. The van der Waals surface area contributed by atoms with Crippen LogP contribution in [0.1, 0.15) is 33.3 Å². The summed E-state index contributed by atoms with van der Waals surface area (Å²) < 4.78 is 27.5. The second-order valence-electron chi connectivity index (χ2n) is 7.12. The molecule has 0 fully saturated rings. The van der Waals surface area contributed by atoms with Crippen LogP contribution < -0.4 is 9.62 Å². The third-order valence-electron chi connectivity index (χ3n) is 5.03. The van der Waals surface area contributed by atoms with Gasteiger partial charge in [0.1, 0.15) is 6.07 Å². The lowest BCUT2D eigenvalue weighted by molar-refractivity contribution is 0.239. The van der Waals surface area contributed by atoms with Crippen molar-refractivity contribution in [3.05, 3.63) is 46.9 Å². The molecule has 2 N–H and O–H groups in total. The molecule has 0 bridgehead atoms. The summed E-state index contributed by atoms with van der Waals surface area (Å²) in [5.74, 6) is -0.231. The molecule has 2 aromatic carbocycles. The zero-order valence-electron chi connectivity index (χ0n) is 17.4. The molecular formula is C22H29N3O3S. The first-order valence-electron chi connectivity index (χ1n) is 9.78. The molecule has 0 aliphatic carbocycles. The Bertz CT molecular complexity index is 1030. The van der Waals surface area contributed by atoms with Crippen molar-refractivity contribution in [1.82, 2.24) is 4.72 Å². The average Bonchev–Trinajstić information content (AvgIpc) is 2.72. The number of hydrogen-bond acceptors (Lipinski definition) is 5. The highest BCUT2D eigenvalue weighted by atomic mass is 32.2. The van der Waals surface area contributed by atoms with Crippen molar-refractivity contribution < 1.29 is 13.5 Å². The van der Waals surface area contributed by atoms with Crippen molar-refractivity contribution in [2.75, 3.05) is 31.1 Å². The minimum absolute atomic E-state index is 0.0726. The minimum atomic E-state index is -3.95. The summed E-state index contributed by atoms with van der Waals surface area (Å²) in [6.07, 6.45) is 0. The van der Waals surface area contributed by atoms with E-state index in [9.17, 15) is 13.7 Å². The summed E-state index contributed by atoms with van der Waals surface area (Å²) in [7, 11) is -3.95. The molecule has 1 atom stereocenters. The number of hydrogen-bond donors (Lipinski definition) is 2. The number of aliphatic hydroxyl groups is 1. The van der Waals surface area contributed by atoms with E-state index < -0.39 is 10.0 Å². The van der Waals surface area contributed by atoms with Crippen LogP contribution in [0.3, 0.4) is 0 Å². The maximum absolute atomic E-state index is 12.6. The normalized spacial score (nSPS) is 13.7. The summed E-state index contributed by atoms with van der Waals surface area (Å²) in [6.45, 7) is 9.38. The molecule has 0 aromatic heterocycles. The number of fused-ring (bicyclic) bond motifs is 1. The van der Waals surface area contributed by atoms with Crippen LogP contribution in [-0.2, 0) is 10.0 Å². The van der Waals surface area contributed by atoms with Gasteiger partial charge in [-0.05, 0) is 66.8 Å². The molecular weight excluding hydrogens is 386 g/mol. The van der Waals surface area contributed by atoms with Gasteiger partial charge >= 0.3 is 0 Å².